The standard InChI is InChI=1S/C48H44N4O/c1-27-23-29(3)43(30(4)24-27)46-39-15-13-35(49-39)36-14-16-40(50-36)47(44-31(5)25-28(2)26-32(44)6)42-20-18-38(52-42)45(37-17-19-41(46)51-37)34-11-9-33(10-12-34)21-22-48(7,8)53/h9-20,23-26,49,51-53H,1-8H3. The maximum absolute atomic E-state index is 10.2. The molecule has 4 aromatic heterocycles. The molecule has 8 bridgehead atoms. The molecule has 3 aromatic carbocycles. The van der Waals surface area contributed by atoms with Crippen LogP contribution in [0.2, 0.25) is 0 Å². The third kappa shape index (κ3) is 6.37. The van der Waals surface area contributed by atoms with Gasteiger partial charge >= 0.3 is 0 Å². The molecule has 53 heavy (non-hydrogen) atoms. The highest BCUT2D eigenvalue weighted by molar-refractivity contribution is 6.01. The van der Waals surface area contributed by atoms with E-state index in [1.54, 1.807) is 13.8 Å². The van der Waals surface area contributed by atoms with Crippen molar-refractivity contribution in [2.24, 2.45) is 0 Å². The summed E-state index contributed by atoms with van der Waals surface area (Å²) in [4.78, 5) is 16.8. The molecule has 0 aliphatic carbocycles. The summed E-state index contributed by atoms with van der Waals surface area (Å²) in [6, 6.07) is 30.3. The van der Waals surface area contributed by atoms with Crippen molar-refractivity contribution < 1.29 is 5.11 Å². The van der Waals surface area contributed by atoms with E-state index in [2.05, 4.69) is 153 Å². The van der Waals surface area contributed by atoms with Crippen molar-refractivity contribution in [2.45, 2.75) is 61.0 Å². The fourth-order valence-corrected chi connectivity index (χ4v) is 8.08. The number of aliphatic hydroxyl groups is 1. The number of rotatable bonds is 3. The van der Waals surface area contributed by atoms with Gasteiger partial charge in [-0.2, -0.15) is 0 Å². The molecule has 7 aromatic rings. The van der Waals surface area contributed by atoms with Crippen LogP contribution in [-0.2, 0) is 0 Å². The minimum absolute atomic E-state index is 0.843. The average Bonchev–Trinajstić information content (AvgIpc) is 3.92. The molecule has 5 heterocycles. The van der Waals surface area contributed by atoms with Crippen LogP contribution in [0.15, 0.2) is 84.9 Å². The lowest BCUT2D eigenvalue weighted by Crippen LogP contribution is -2.14. The van der Waals surface area contributed by atoms with E-state index in [1.807, 2.05) is 12.1 Å². The summed E-state index contributed by atoms with van der Waals surface area (Å²) < 4.78 is 0. The van der Waals surface area contributed by atoms with Crippen LogP contribution < -0.4 is 0 Å². The minimum Gasteiger partial charge on any atom is -0.378 e. The zero-order valence-corrected chi connectivity index (χ0v) is 31.6. The van der Waals surface area contributed by atoms with Gasteiger partial charge in [-0.15, -0.1) is 0 Å². The Hall–Kier alpha value is -6.09. The third-order valence-corrected chi connectivity index (χ3v) is 10.1. The van der Waals surface area contributed by atoms with Crippen molar-refractivity contribution in [3.8, 4) is 45.2 Å². The number of fused-ring (bicyclic) bond motifs is 9. The molecule has 0 fully saturated rings. The highest BCUT2D eigenvalue weighted by Crippen LogP contribution is 2.39. The lowest BCUT2D eigenvalue weighted by molar-refractivity contribution is 0.143. The zero-order chi connectivity index (χ0) is 37.2. The summed E-state index contributed by atoms with van der Waals surface area (Å²) in [5.41, 5.74) is 21.6. The van der Waals surface area contributed by atoms with Gasteiger partial charge in [0.2, 0.25) is 0 Å². The largest absolute Gasteiger partial charge is 0.378 e. The SMILES string of the molecule is Cc1cc(C)c(-c2c3nc(c4ccc([nH]4)c(-c4c(C)cc(C)cc4C)c4ccc([nH]4)c(-c4ccc(C#CC(C)(C)O)cc4)c4ccc2[nH]4)C=C3)c(C)c1. The van der Waals surface area contributed by atoms with Gasteiger partial charge in [0.05, 0.1) is 16.9 Å². The lowest BCUT2D eigenvalue weighted by Gasteiger charge is -2.13. The molecule has 4 N–H and O–H groups in total. The predicted octanol–water partition coefficient (Wildman–Crippen LogP) is 11.7. The van der Waals surface area contributed by atoms with Gasteiger partial charge in [-0.25, -0.2) is 4.98 Å². The maximum atomic E-state index is 10.2. The third-order valence-electron chi connectivity index (χ3n) is 10.1. The van der Waals surface area contributed by atoms with Crippen LogP contribution in [0.5, 0.6) is 0 Å². The number of nitrogens with zero attached hydrogens (tertiary/aromatic N) is 1. The van der Waals surface area contributed by atoms with E-state index in [1.165, 1.54) is 44.5 Å². The molecular weight excluding hydrogens is 649 g/mol. The van der Waals surface area contributed by atoms with Crippen molar-refractivity contribution >= 4 is 45.3 Å². The first-order valence-electron chi connectivity index (χ1n) is 18.2. The Morgan fingerprint density at radius 2 is 0.906 bits per heavy atom. The van der Waals surface area contributed by atoms with Gasteiger partial charge in [-0.05, 0) is 155 Å². The van der Waals surface area contributed by atoms with Gasteiger partial charge in [0.15, 0.2) is 0 Å². The first-order chi connectivity index (χ1) is 25.3. The Labute approximate surface area is 310 Å². The fraction of sp³-hybridized carbons (Fsp3) is 0.188. The summed E-state index contributed by atoms with van der Waals surface area (Å²) in [6.45, 7) is 16.5. The van der Waals surface area contributed by atoms with Gasteiger partial charge in [-0.3, -0.25) is 0 Å². The number of aromatic nitrogens is 4. The molecule has 0 unspecified atom stereocenters. The highest BCUT2D eigenvalue weighted by atomic mass is 16.3. The molecule has 0 amide bonds. The van der Waals surface area contributed by atoms with Crippen molar-refractivity contribution in [1.82, 2.24) is 19.9 Å². The van der Waals surface area contributed by atoms with Crippen LogP contribution in [0.1, 0.15) is 64.2 Å². The van der Waals surface area contributed by atoms with E-state index in [0.29, 0.717) is 0 Å². The second kappa shape index (κ2) is 12.8. The Morgan fingerprint density at radius 3 is 1.42 bits per heavy atom. The van der Waals surface area contributed by atoms with Gasteiger partial charge in [0.1, 0.15) is 5.60 Å². The Bertz CT molecular complexity index is 2770. The van der Waals surface area contributed by atoms with Crippen LogP contribution in [-0.4, -0.2) is 30.6 Å². The number of benzene rings is 3. The van der Waals surface area contributed by atoms with Crippen LogP contribution in [0.3, 0.4) is 0 Å². The normalized spacial score (nSPS) is 12.0. The number of aromatic amines is 3. The number of H-pyrrole nitrogens is 3. The summed E-state index contributed by atoms with van der Waals surface area (Å²) in [5.74, 6) is 6.07. The molecule has 5 heteroatoms. The van der Waals surface area contributed by atoms with Crippen molar-refractivity contribution in [3.05, 3.63) is 135 Å². The Balaban J connectivity index is 1.53. The quantitative estimate of drug-likeness (QED) is 0.139. The van der Waals surface area contributed by atoms with Crippen LogP contribution in [0.25, 0.3) is 78.6 Å². The molecule has 5 nitrogen and oxygen atoms in total. The van der Waals surface area contributed by atoms with Gasteiger partial charge in [-0.1, -0.05) is 59.4 Å². The molecule has 1 aliphatic heterocycles. The number of nitrogens with one attached hydrogen (secondary N) is 3. The van der Waals surface area contributed by atoms with Crippen LogP contribution >= 0.6 is 0 Å². The molecule has 1 aliphatic rings. The van der Waals surface area contributed by atoms with E-state index in [9.17, 15) is 5.11 Å². The monoisotopic (exact) mass is 692 g/mol. The minimum atomic E-state index is -1.07. The van der Waals surface area contributed by atoms with Gasteiger partial charge in [0.25, 0.3) is 0 Å². The molecule has 0 atom stereocenters. The van der Waals surface area contributed by atoms with E-state index >= 15 is 0 Å². The highest BCUT2D eigenvalue weighted by Gasteiger charge is 2.19. The number of aryl methyl sites for hydroxylation is 6. The smallest absolute Gasteiger partial charge is 0.120 e. The van der Waals surface area contributed by atoms with Crippen molar-refractivity contribution in [2.75, 3.05) is 0 Å². The van der Waals surface area contributed by atoms with Crippen LogP contribution in [0, 0.1) is 53.4 Å². The van der Waals surface area contributed by atoms with Crippen molar-refractivity contribution in [1.29, 1.82) is 0 Å². The first-order valence-corrected chi connectivity index (χ1v) is 18.2. The Morgan fingerprint density at radius 1 is 0.491 bits per heavy atom. The predicted molar refractivity (Wildman–Crippen MR) is 223 cm³/mol. The zero-order valence-electron chi connectivity index (χ0n) is 31.6. The lowest BCUT2D eigenvalue weighted by atomic mass is 9.92. The summed E-state index contributed by atoms with van der Waals surface area (Å²) >= 11 is 0. The molecular formula is C48H44N4O. The molecule has 8 rings (SSSR count). The topological polar surface area (TPSA) is 80.5 Å². The van der Waals surface area contributed by atoms with Gasteiger partial charge in [0, 0.05) is 49.8 Å². The first kappa shape index (κ1) is 34.0. The molecule has 262 valence electrons. The summed E-state index contributed by atoms with van der Waals surface area (Å²) in [5, 5.41) is 10.2. The Kier molecular flexibility index (Phi) is 8.24. The molecule has 0 spiro atoms. The summed E-state index contributed by atoms with van der Waals surface area (Å²) in [6.07, 6.45) is 4.26. The van der Waals surface area contributed by atoms with E-state index in [-0.39, 0.29) is 0 Å². The van der Waals surface area contributed by atoms with Crippen molar-refractivity contribution in [3.63, 3.8) is 0 Å². The van der Waals surface area contributed by atoms with E-state index in [0.717, 1.165) is 72.3 Å². The number of hydrogen-bond acceptors (Lipinski definition) is 2. The summed E-state index contributed by atoms with van der Waals surface area (Å²) in [7, 11) is 0. The van der Waals surface area contributed by atoms with Gasteiger partial charge < -0.3 is 20.1 Å². The van der Waals surface area contributed by atoms with E-state index in [4.69, 9.17) is 4.98 Å². The molecule has 0 radical (unpaired) electrons. The fourth-order valence-electron chi connectivity index (χ4n) is 8.08. The van der Waals surface area contributed by atoms with E-state index < -0.39 is 5.60 Å². The molecule has 0 saturated heterocycles. The molecule has 0 saturated carbocycles. The second-order valence-electron chi connectivity index (χ2n) is 15.1. The second-order valence-corrected chi connectivity index (χ2v) is 15.1. The van der Waals surface area contributed by atoms with Crippen LogP contribution in [0.4, 0.5) is 0 Å². The average molecular weight is 693 g/mol. The number of hydrogen-bond donors (Lipinski definition) is 4. The maximum Gasteiger partial charge on any atom is 0.120 e.